The van der Waals surface area contributed by atoms with E-state index in [0.717, 1.165) is 33.7 Å². The van der Waals surface area contributed by atoms with Crippen LogP contribution in [0.2, 0.25) is 0 Å². The average Bonchev–Trinajstić information content (AvgIpc) is 3.08. The Balaban J connectivity index is 1.61. The van der Waals surface area contributed by atoms with Crippen molar-refractivity contribution in [3.63, 3.8) is 0 Å². The zero-order valence-corrected chi connectivity index (χ0v) is 15.8. The lowest BCUT2D eigenvalue weighted by Gasteiger charge is -2.34. The number of ketones is 1. The highest BCUT2D eigenvalue weighted by molar-refractivity contribution is 6.01. The molecule has 0 fully saturated rings. The third-order valence-corrected chi connectivity index (χ3v) is 5.85. The van der Waals surface area contributed by atoms with Gasteiger partial charge in [-0.05, 0) is 54.7 Å². The predicted octanol–water partition coefficient (Wildman–Crippen LogP) is 4.35. The van der Waals surface area contributed by atoms with Crippen LogP contribution in [0.3, 0.4) is 0 Å². The molecule has 3 aromatic rings. The van der Waals surface area contributed by atoms with Gasteiger partial charge in [-0.25, -0.2) is 0 Å². The first-order valence-corrected chi connectivity index (χ1v) is 9.58. The zero-order chi connectivity index (χ0) is 20.1. The fourth-order valence-corrected chi connectivity index (χ4v) is 4.45. The third-order valence-electron chi connectivity index (χ3n) is 5.85. The van der Waals surface area contributed by atoms with E-state index in [1.165, 1.54) is 0 Å². The summed E-state index contributed by atoms with van der Waals surface area (Å²) in [5, 5.41) is 26.7. The molecule has 0 bridgehead atoms. The van der Waals surface area contributed by atoms with E-state index >= 15 is 0 Å². The number of fused-ring (bicyclic) bond motifs is 1. The summed E-state index contributed by atoms with van der Waals surface area (Å²) in [6.45, 7) is 1.87. The number of nitrogens with one attached hydrogen (secondary N) is 1. The average molecular weight is 388 g/mol. The number of rotatable bonds is 2. The Hall–Kier alpha value is -3.54. The van der Waals surface area contributed by atoms with Crippen LogP contribution in [0.4, 0.5) is 5.88 Å². The van der Waals surface area contributed by atoms with Crippen LogP contribution in [0.5, 0.6) is 11.5 Å². The molecular weight excluding hydrogens is 368 g/mol. The van der Waals surface area contributed by atoms with Gasteiger partial charge in [0.2, 0.25) is 5.88 Å². The molecule has 29 heavy (non-hydrogen) atoms. The smallest absolute Gasteiger partial charge is 0.233 e. The highest BCUT2D eigenvalue weighted by Crippen LogP contribution is 2.49. The molecule has 0 amide bonds. The van der Waals surface area contributed by atoms with E-state index in [1.54, 1.807) is 24.3 Å². The molecule has 1 aliphatic heterocycles. The van der Waals surface area contributed by atoms with Crippen LogP contribution in [-0.2, 0) is 4.79 Å². The number of hydrogen-bond donors (Lipinski definition) is 3. The van der Waals surface area contributed by atoms with Gasteiger partial charge in [0.15, 0.2) is 5.78 Å². The number of nitrogens with zero attached hydrogens (tertiary/aromatic N) is 1. The summed E-state index contributed by atoms with van der Waals surface area (Å²) in [5.74, 6) is 0.795. The van der Waals surface area contributed by atoms with Crippen LogP contribution in [0.1, 0.15) is 47.1 Å². The molecule has 5 rings (SSSR count). The SMILES string of the molecule is Cc1noc2c1C(c1ccc(O)cc1)C1=C(CC(c3ccc(O)cc3)CC1=O)N2. The number of aryl methyl sites for hydroxylation is 1. The Bertz CT molecular complexity index is 1130. The van der Waals surface area contributed by atoms with Crippen LogP contribution in [0.15, 0.2) is 64.3 Å². The maximum atomic E-state index is 13.3. The summed E-state index contributed by atoms with van der Waals surface area (Å²) >= 11 is 0. The summed E-state index contributed by atoms with van der Waals surface area (Å²) in [5.41, 5.74) is 5.13. The van der Waals surface area contributed by atoms with Gasteiger partial charge in [-0.2, -0.15) is 0 Å². The molecule has 2 aliphatic rings. The van der Waals surface area contributed by atoms with E-state index in [9.17, 15) is 15.0 Å². The van der Waals surface area contributed by atoms with Crippen molar-refractivity contribution in [2.75, 3.05) is 5.32 Å². The van der Waals surface area contributed by atoms with E-state index in [0.29, 0.717) is 18.7 Å². The largest absolute Gasteiger partial charge is 0.508 e. The molecule has 146 valence electrons. The van der Waals surface area contributed by atoms with Crippen molar-refractivity contribution in [3.8, 4) is 11.5 Å². The van der Waals surface area contributed by atoms with Crippen molar-refractivity contribution in [3.05, 3.63) is 82.2 Å². The summed E-state index contributed by atoms with van der Waals surface area (Å²) in [7, 11) is 0. The molecule has 1 aliphatic carbocycles. The standard InChI is InChI=1S/C23H20N2O4/c1-12-20-21(14-4-8-17(27)9-5-14)22-18(24-23(20)29-25-12)10-15(11-19(22)28)13-2-6-16(26)7-3-13/h2-9,15,21,24,26-27H,10-11H2,1H3. The number of aromatic hydroxyl groups is 2. The maximum Gasteiger partial charge on any atom is 0.233 e. The van der Waals surface area contributed by atoms with Crippen molar-refractivity contribution in [1.29, 1.82) is 0 Å². The van der Waals surface area contributed by atoms with E-state index in [1.807, 2.05) is 31.2 Å². The number of phenols is 2. The highest BCUT2D eigenvalue weighted by atomic mass is 16.5. The number of anilines is 1. The minimum atomic E-state index is -0.277. The molecule has 0 saturated heterocycles. The van der Waals surface area contributed by atoms with Crippen molar-refractivity contribution in [1.82, 2.24) is 5.16 Å². The van der Waals surface area contributed by atoms with Gasteiger partial charge in [-0.15, -0.1) is 0 Å². The first-order valence-electron chi connectivity index (χ1n) is 9.58. The van der Waals surface area contributed by atoms with Gasteiger partial charge in [0.25, 0.3) is 0 Å². The van der Waals surface area contributed by atoms with Gasteiger partial charge in [-0.1, -0.05) is 29.4 Å². The number of benzene rings is 2. The third kappa shape index (κ3) is 2.88. The molecule has 6 nitrogen and oxygen atoms in total. The predicted molar refractivity (Wildman–Crippen MR) is 107 cm³/mol. The van der Waals surface area contributed by atoms with Gasteiger partial charge in [0.1, 0.15) is 11.5 Å². The second-order valence-corrected chi connectivity index (χ2v) is 7.67. The van der Waals surface area contributed by atoms with Gasteiger partial charge in [0.05, 0.1) is 11.3 Å². The molecule has 6 heteroatoms. The van der Waals surface area contributed by atoms with E-state index in [-0.39, 0.29) is 29.1 Å². The lowest BCUT2D eigenvalue weighted by Crippen LogP contribution is -2.29. The molecule has 0 radical (unpaired) electrons. The molecule has 2 unspecified atom stereocenters. The first kappa shape index (κ1) is 17.6. The summed E-state index contributed by atoms with van der Waals surface area (Å²) < 4.78 is 5.51. The molecule has 0 saturated carbocycles. The monoisotopic (exact) mass is 388 g/mol. The molecule has 2 atom stereocenters. The fraction of sp³-hybridized carbons (Fsp3) is 0.217. The molecule has 1 aromatic heterocycles. The Morgan fingerprint density at radius 1 is 0.966 bits per heavy atom. The number of phenolic OH excluding ortho intramolecular Hbond substituents is 2. The summed E-state index contributed by atoms with van der Waals surface area (Å²) in [6.07, 6.45) is 1.07. The van der Waals surface area contributed by atoms with Crippen molar-refractivity contribution < 1.29 is 19.5 Å². The molecule has 2 aromatic carbocycles. The van der Waals surface area contributed by atoms with Crippen molar-refractivity contribution in [2.45, 2.75) is 31.6 Å². The number of allylic oxidation sites excluding steroid dienone is 2. The Morgan fingerprint density at radius 2 is 1.59 bits per heavy atom. The first-order chi connectivity index (χ1) is 14.0. The highest BCUT2D eigenvalue weighted by Gasteiger charge is 2.41. The number of Topliss-reactive ketones (excluding diaryl/α,β-unsaturated/α-hetero) is 1. The topological polar surface area (TPSA) is 95.6 Å². The zero-order valence-electron chi connectivity index (χ0n) is 15.8. The van der Waals surface area contributed by atoms with Crippen LogP contribution in [0.25, 0.3) is 0 Å². The number of carbonyl (C=O) groups excluding carboxylic acids is 1. The van der Waals surface area contributed by atoms with Gasteiger partial charge in [-0.3, -0.25) is 4.79 Å². The Kier molecular flexibility index (Phi) is 3.94. The lowest BCUT2D eigenvalue weighted by atomic mass is 9.72. The fourth-order valence-electron chi connectivity index (χ4n) is 4.45. The normalized spacial score (nSPS) is 20.8. The molecule has 3 N–H and O–H groups in total. The summed E-state index contributed by atoms with van der Waals surface area (Å²) in [4.78, 5) is 13.3. The van der Waals surface area contributed by atoms with Crippen molar-refractivity contribution >= 4 is 11.7 Å². The van der Waals surface area contributed by atoms with Gasteiger partial charge < -0.3 is 20.1 Å². The summed E-state index contributed by atoms with van der Waals surface area (Å²) in [6, 6.07) is 14.0. The minimum absolute atomic E-state index is 0.0281. The van der Waals surface area contributed by atoms with Crippen LogP contribution >= 0.6 is 0 Å². The number of carbonyl (C=O) groups is 1. The van der Waals surface area contributed by atoms with Gasteiger partial charge >= 0.3 is 0 Å². The Labute approximate surface area is 167 Å². The van der Waals surface area contributed by atoms with Crippen molar-refractivity contribution in [2.24, 2.45) is 0 Å². The van der Waals surface area contributed by atoms with E-state index < -0.39 is 0 Å². The van der Waals surface area contributed by atoms with E-state index in [2.05, 4.69) is 10.5 Å². The van der Waals surface area contributed by atoms with Gasteiger partial charge in [0, 0.05) is 23.6 Å². The lowest BCUT2D eigenvalue weighted by molar-refractivity contribution is -0.116. The molecular formula is C23H20N2O4. The Morgan fingerprint density at radius 3 is 2.24 bits per heavy atom. The second-order valence-electron chi connectivity index (χ2n) is 7.67. The maximum absolute atomic E-state index is 13.3. The second kappa shape index (κ2) is 6.51. The molecule has 2 heterocycles. The van der Waals surface area contributed by atoms with Crippen LogP contribution < -0.4 is 5.32 Å². The van der Waals surface area contributed by atoms with Crippen LogP contribution in [0, 0.1) is 6.92 Å². The molecule has 0 spiro atoms. The quantitative estimate of drug-likeness (QED) is 0.604. The minimum Gasteiger partial charge on any atom is -0.508 e. The number of aromatic nitrogens is 1. The number of hydrogen-bond acceptors (Lipinski definition) is 6. The van der Waals surface area contributed by atoms with E-state index in [4.69, 9.17) is 4.52 Å². The van der Waals surface area contributed by atoms with Crippen LogP contribution in [-0.4, -0.2) is 21.2 Å².